The molecule has 0 heterocycles. The lowest BCUT2D eigenvalue weighted by Gasteiger charge is -2.27. The third-order valence-corrected chi connectivity index (χ3v) is 3.98. The van der Waals surface area contributed by atoms with Crippen molar-refractivity contribution in [3.8, 4) is 0 Å². The molecule has 1 saturated carbocycles. The molecule has 0 unspecified atom stereocenters. The van der Waals surface area contributed by atoms with Crippen LogP contribution >= 0.6 is 0 Å². The van der Waals surface area contributed by atoms with E-state index in [1.807, 2.05) is 0 Å². The Kier molecular flexibility index (Phi) is 3.75. The zero-order valence-corrected chi connectivity index (χ0v) is 10.4. The van der Waals surface area contributed by atoms with E-state index in [2.05, 4.69) is 36.2 Å². The van der Waals surface area contributed by atoms with Gasteiger partial charge in [-0.15, -0.1) is 0 Å². The van der Waals surface area contributed by atoms with E-state index in [-0.39, 0.29) is 5.41 Å². The van der Waals surface area contributed by atoms with Crippen molar-refractivity contribution in [2.24, 2.45) is 4.99 Å². The Morgan fingerprint density at radius 2 is 1.88 bits per heavy atom. The van der Waals surface area contributed by atoms with E-state index in [4.69, 9.17) is 0 Å². The third-order valence-electron chi connectivity index (χ3n) is 3.98. The van der Waals surface area contributed by atoms with Gasteiger partial charge in [-0.2, -0.15) is 0 Å². The second-order valence-electron chi connectivity index (χ2n) is 4.95. The van der Waals surface area contributed by atoms with Gasteiger partial charge in [0.15, 0.2) is 0 Å². The first-order valence-corrected chi connectivity index (χ1v) is 6.44. The van der Waals surface area contributed by atoms with E-state index in [1.165, 1.54) is 24.0 Å². The molecule has 90 valence electrons. The molecule has 0 saturated heterocycles. The van der Waals surface area contributed by atoms with Crippen LogP contribution in [0.15, 0.2) is 29.3 Å². The minimum Gasteiger partial charge on any atom is -0.211 e. The lowest BCUT2D eigenvalue weighted by Crippen LogP contribution is -2.25. The van der Waals surface area contributed by atoms with Gasteiger partial charge in [0.2, 0.25) is 6.08 Å². The van der Waals surface area contributed by atoms with Crippen LogP contribution in [-0.4, -0.2) is 12.6 Å². The van der Waals surface area contributed by atoms with Crippen molar-refractivity contribution in [2.45, 2.75) is 44.4 Å². The smallest absolute Gasteiger partial charge is 0.211 e. The van der Waals surface area contributed by atoms with Gasteiger partial charge < -0.3 is 0 Å². The summed E-state index contributed by atoms with van der Waals surface area (Å²) in [4.78, 5) is 14.2. The first-order valence-electron chi connectivity index (χ1n) is 6.44. The summed E-state index contributed by atoms with van der Waals surface area (Å²) in [6, 6.07) is 8.81. The minimum atomic E-state index is 0.101. The van der Waals surface area contributed by atoms with E-state index >= 15 is 0 Å². The van der Waals surface area contributed by atoms with Gasteiger partial charge >= 0.3 is 0 Å². The quantitative estimate of drug-likeness (QED) is 0.574. The molecule has 0 aromatic heterocycles. The van der Waals surface area contributed by atoms with Gasteiger partial charge in [-0.1, -0.05) is 44.0 Å². The number of benzene rings is 1. The molecule has 0 amide bonds. The zero-order chi connectivity index (χ0) is 12.1. The second-order valence-corrected chi connectivity index (χ2v) is 4.95. The minimum absolute atomic E-state index is 0.101. The fourth-order valence-electron chi connectivity index (χ4n) is 2.87. The molecular weight excluding hydrogens is 210 g/mol. The molecule has 2 heteroatoms. The maximum atomic E-state index is 10.3. The van der Waals surface area contributed by atoms with E-state index in [0.717, 1.165) is 19.3 Å². The van der Waals surface area contributed by atoms with Gasteiger partial charge in [0.05, 0.1) is 6.54 Å². The SMILES string of the molecule is CCc1ccc(C2(CN=C=O)CCCC2)cc1. The highest BCUT2D eigenvalue weighted by Crippen LogP contribution is 2.41. The molecule has 0 spiro atoms. The summed E-state index contributed by atoms with van der Waals surface area (Å²) >= 11 is 0. The first kappa shape index (κ1) is 12.1. The molecule has 2 nitrogen and oxygen atoms in total. The van der Waals surface area contributed by atoms with E-state index in [0.29, 0.717) is 6.54 Å². The van der Waals surface area contributed by atoms with Crippen molar-refractivity contribution in [1.82, 2.24) is 0 Å². The summed E-state index contributed by atoms with van der Waals surface area (Å²) in [6.45, 7) is 2.76. The lowest BCUT2D eigenvalue weighted by atomic mass is 9.78. The van der Waals surface area contributed by atoms with Crippen molar-refractivity contribution in [1.29, 1.82) is 0 Å². The largest absolute Gasteiger partial charge is 0.234 e. The maximum Gasteiger partial charge on any atom is 0.234 e. The van der Waals surface area contributed by atoms with Crippen molar-refractivity contribution < 1.29 is 4.79 Å². The van der Waals surface area contributed by atoms with Crippen molar-refractivity contribution in [2.75, 3.05) is 6.54 Å². The Morgan fingerprint density at radius 3 is 2.41 bits per heavy atom. The second kappa shape index (κ2) is 5.29. The highest BCUT2D eigenvalue weighted by Gasteiger charge is 2.35. The molecule has 1 aromatic carbocycles. The molecule has 1 aromatic rings. The molecule has 1 fully saturated rings. The summed E-state index contributed by atoms with van der Waals surface area (Å²) in [5, 5.41) is 0. The van der Waals surface area contributed by atoms with Crippen molar-refractivity contribution >= 4 is 6.08 Å². The highest BCUT2D eigenvalue weighted by molar-refractivity contribution is 5.36. The van der Waals surface area contributed by atoms with Crippen LogP contribution in [-0.2, 0) is 16.6 Å². The standard InChI is InChI=1S/C15H19NO/c1-2-13-5-7-14(8-6-13)15(11-16-12-17)9-3-4-10-15/h5-8H,2-4,9-11H2,1H3. The number of hydrogen-bond donors (Lipinski definition) is 0. The van der Waals surface area contributed by atoms with Crippen LogP contribution in [0.25, 0.3) is 0 Å². The Hall–Kier alpha value is -1.40. The number of nitrogens with zero attached hydrogens (tertiary/aromatic N) is 1. The van der Waals surface area contributed by atoms with Gasteiger partial charge in [0.1, 0.15) is 0 Å². The number of carbonyl (C=O) groups excluding carboxylic acids is 1. The van der Waals surface area contributed by atoms with Gasteiger partial charge in [-0.05, 0) is 30.4 Å². The summed E-state index contributed by atoms with van der Waals surface area (Å²) < 4.78 is 0. The highest BCUT2D eigenvalue weighted by atomic mass is 16.1. The van der Waals surface area contributed by atoms with Crippen LogP contribution in [0, 0.1) is 0 Å². The summed E-state index contributed by atoms with van der Waals surface area (Å²) in [5.74, 6) is 0. The summed E-state index contributed by atoms with van der Waals surface area (Å²) in [5.41, 5.74) is 2.80. The zero-order valence-electron chi connectivity index (χ0n) is 10.4. The number of aliphatic imine (C=N–C) groups is 1. The molecule has 2 rings (SSSR count). The predicted molar refractivity (Wildman–Crippen MR) is 69.0 cm³/mol. The van der Waals surface area contributed by atoms with Crippen LogP contribution < -0.4 is 0 Å². The summed E-state index contributed by atoms with van der Waals surface area (Å²) in [7, 11) is 0. The number of hydrogen-bond acceptors (Lipinski definition) is 2. The van der Waals surface area contributed by atoms with E-state index < -0.39 is 0 Å². The average molecular weight is 229 g/mol. The first-order chi connectivity index (χ1) is 8.30. The molecule has 0 bridgehead atoms. The Labute approximate surface area is 103 Å². The Balaban J connectivity index is 2.28. The van der Waals surface area contributed by atoms with Gasteiger partial charge in [0.25, 0.3) is 0 Å². The predicted octanol–water partition coefficient (Wildman–Crippen LogP) is 3.40. The maximum absolute atomic E-state index is 10.3. The summed E-state index contributed by atoms with van der Waals surface area (Å²) in [6.07, 6.45) is 7.52. The molecule has 1 aliphatic carbocycles. The molecule has 17 heavy (non-hydrogen) atoms. The van der Waals surface area contributed by atoms with Gasteiger partial charge in [0, 0.05) is 5.41 Å². The number of aryl methyl sites for hydroxylation is 1. The molecule has 0 N–H and O–H groups in total. The Bertz CT molecular complexity index is 409. The molecular formula is C15H19NO. The third kappa shape index (κ3) is 2.48. The lowest BCUT2D eigenvalue weighted by molar-refractivity contribution is 0.451. The van der Waals surface area contributed by atoms with Gasteiger partial charge in [-0.3, -0.25) is 0 Å². The molecule has 1 aliphatic rings. The van der Waals surface area contributed by atoms with E-state index in [9.17, 15) is 4.79 Å². The molecule has 0 atom stereocenters. The normalized spacial score (nSPS) is 17.7. The number of rotatable bonds is 4. The van der Waals surface area contributed by atoms with Crippen LogP contribution in [0.5, 0.6) is 0 Å². The van der Waals surface area contributed by atoms with Crippen LogP contribution in [0.3, 0.4) is 0 Å². The topological polar surface area (TPSA) is 29.4 Å². The molecule has 0 aliphatic heterocycles. The fraction of sp³-hybridized carbons (Fsp3) is 0.533. The van der Waals surface area contributed by atoms with Crippen LogP contribution in [0.1, 0.15) is 43.7 Å². The Morgan fingerprint density at radius 1 is 1.24 bits per heavy atom. The van der Waals surface area contributed by atoms with Crippen LogP contribution in [0.2, 0.25) is 0 Å². The van der Waals surface area contributed by atoms with Crippen molar-refractivity contribution in [3.05, 3.63) is 35.4 Å². The fourth-order valence-corrected chi connectivity index (χ4v) is 2.87. The van der Waals surface area contributed by atoms with E-state index in [1.54, 1.807) is 6.08 Å². The molecule has 0 radical (unpaired) electrons. The monoisotopic (exact) mass is 229 g/mol. The average Bonchev–Trinajstić information content (AvgIpc) is 2.86. The van der Waals surface area contributed by atoms with Crippen molar-refractivity contribution in [3.63, 3.8) is 0 Å². The number of isocyanates is 1. The van der Waals surface area contributed by atoms with Crippen LogP contribution in [0.4, 0.5) is 0 Å². The van der Waals surface area contributed by atoms with Gasteiger partial charge in [-0.25, -0.2) is 9.79 Å².